The van der Waals surface area contributed by atoms with Crippen LogP contribution in [0.2, 0.25) is 0 Å². The number of aryl methyl sites for hydroxylation is 2. The number of carbonyl (C=O) groups excluding carboxylic acids is 3. The number of benzene rings is 1. The fourth-order valence-corrected chi connectivity index (χ4v) is 2.89. The zero-order chi connectivity index (χ0) is 18.0. The summed E-state index contributed by atoms with van der Waals surface area (Å²) in [5, 5.41) is 2.77. The van der Waals surface area contributed by atoms with Gasteiger partial charge in [0.05, 0.1) is 0 Å². The topological polar surface area (TPSA) is 88.3 Å². The number of rotatable bonds is 5. The number of aromatic nitrogens is 1. The maximum absolute atomic E-state index is 12.2. The van der Waals surface area contributed by atoms with Crippen LogP contribution in [0.1, 0.15) is 52.2 Å². The fourth-order valence-electron chi connectivity index (χ4n) is 2.89. The molecule has 1 aromatic carbocycles. The van der Waals surface area contributed by atoms with Gasteiger partial charge >= 0.3 is 5.97 Å². The number of aromatic amines is 1. The lowest BCUT2D eigenvalue weighted by atomic mass is 10.1. The molecule has 6 heteroatoms. The van der Waals surface area contributed by atoms with E-state index in [9.17, 15) is 14.4 Å². The van der Waals surface area contributed by atoms with E-state index in [4.69, 9.17) is 4.74 Å². The lowest BCUT2D eigenvalue weighted by molar-refractivity contribution is -0.123. The minimum atomic E-state index is -0.954. The number of esters is 1. The third kappa shape index (κ3) is 3.79. The highest BCUT2D eigenvalue weighted by molar-refractivity contribution is 5.99. The van der Waals surface area contributed by atoms with Gasteiger partial charge in [0.25, 0.3) is 5.91 Å². The monoisotopic (exact) mass is 340 g/mol. The van der Waals surface area contributed by atoms with E-state index < -0.39 is 18.0 Å². The Balaban J connectivity index is 1.60. The number of ketones is 1. The highest BCUT2D eigenvalue weighted by Crippen LogP contribution is 2.25. The summed E-state index contributed by atoms with van der Waals surface area (Å²) in [4.78, 5) is 38.2. The number of Topliss-reactive ketones (excluding diaryl/α,β-unsaturated/α-hetero) is 1. The Labute approximate surface area is 145 Å². The molecule has 0 aliphatic heterocycles. The number of H-pyrrole nitrogens is 1. The Morgan fingerprint density at radius 1 is 1.16 bits per heavy atom. The SMILES string of the molecule is CC(=O)c1c[nH]c(C(=O)O[C@@H](C)C(=O)Nc2ccc3c(c2)CCC3)c1. The van der Waals surface area contributed by atoms with Crippen LogP contribution in [-0.2, 0) is 22.4 Å². The molecule has 1 atom stereocenters. The summed E-state index contributed by atoms with van der Waals surface area (Å²) in [5.74, 6) is -1.23. The van der Waals surface area contributed by atoms with Gasteiger partial charge in [-0.3, -0.25) is 9.59 Å². The molecule has 0 unspecified atom stereocenters. The molecule has 0 fully saturated rings. The van der Waals surface area contributed by atoms with Crippen LogP contribution in [0.4, 0.5) is 5.69 Å². The Hall–Kier alpha value is -2.89. The van der Waals surface area contributed by atoms with Gasteiger partial charge in [-0.1, -0.05) is 6.07 Å². The number of hydrogen-bond donors (Lipinski definition) is 2. The standard InChI is InChI=1S/C19H20N2O4/c1-11(22)15-9-17(20-10-15)19(24)25-12(2)18(23)21-16-7-6-13-4-3-5-14(13)8-16/h6-10,12,20H,3-5H2,1-2H3,(H,21,23)/t12-/m0/s1. The maximum Gasteiger partial charge on any atom is 0.355 e. The lowest BCUT2D eigenvalue weighted by Crippen LogP contribution is -2.30. The molecule has 1 aliphatic rings. The van der Waals surface area contributed by atoms with E-state index in [-0.39, 0.29) is 11.5 Å². The van der Waals surface area contributed by atoms with Crippen LogP contribution < -0.4 is 5.32 Å². The van der Waals surface area contributed by atoms with Gasteiger partial charge in [0.2, 0.25) is 0 Å². The molecule has 3 rings (SSSR count). The largest absolute Gasteiger partial charge is 0.448 e. The average molecular weight is 340 g/mol. The summed E-state index contributed by atoms with van der Waals surface area (Å²) in [6.07, 6.45) is 3.72. The molecule has 1 amide bonds. The Morgan fingerprint density at radius 3 is 2.64 bits per heavy atom. The molecule has 2 N–H and O–H groups in total. The number of fused-ring (bicyclic) bond motifs is 1. The first-order valence-electron chi connectivity index (χ1n) is 8.27. The smallest absolute Gasteiger partial charge is 0.355 e. The number of amides is 1. The predicted octanol–water partition coefficient (Wildman–Crippen LogP) is 2.89. The van der Waals surface area contributed by atoms with Gasteiger partial charge in [-0.25, -0.2) is 4.79 Å². The van der Waals surface area contributed by atoms with Crippen molar-refractivity contribution < 1.29 is 19.1 Å². The van der Waals surface area contributed by atoms with Crippen LogP contribution in [0, 0.1) is 0 Å². The van der Waals surface area contributed by atoms with Gasteiger partial charge in [0.15, 0.2) is 11.9 Å². The van der Waals surface area contributed by atoms with E-state index in [1.807, 2.05) is 18.2 Å². The minimum Gasteiger partial charge on any atom is -0.448 e. The van der Waals surface area contributed by atoms with Crippen LogP contribution in [-0.4, -0.2) is 28.7 Å². The fraction of sp³-hybridized carbons (Fsp3) is 0.316. The average Bonchev–Trinajstić information content (AvgIpc) is 3.23. The highest BCUT2D eigenvalue weighted by atomic mass is 16.5. The normalized spacial score (nSPS) is 13.8. The van der Waals surface area contributed by atoms with Crippen molar-refractivity contribution in [2.24, 2.45) is 0 Å². The van der Waals surface area contributed by atoms with Gasteiger partial charge < -0.3 is 15.0 Å². The van der Waals surface area contributed by atoms with E-state index in [1.54, 1.807) is 0 Å². The van der Waals surface area contributed by atoms with Crippen LogP contribution in [0.5, 0.6) is 0 Å². The van der Waals surface area contributed by atoms with Crippen molar-refractivity contribution in [2.75, 3.05) is 5.32 Å². The van der Waals surface area contributed by atoms with E-state index in [2.05, 4.69) is 10.3 Å². The first-order chi connectivity index (χ1) is 11.9. The Kier molecular flexibility index (Phi) is 4.70. The first kappa shape index (κ1) is 17.0. The Morgan fingerprint density at radius 2 is 1.92 bits per heavy atom. The summed E-state index contributed by atoms with van der Waals surface area (Å²) in [6.45, 7) is 2.92. The summed E-state index contributed by atoms with van der Waals surface area (Å²) in [6, 6.07) is 7.27. The van der Waals surface area contributed by atoms with Crippen LogP contribution >= 0.6 is 0 Å². The zero-order valence-corrected chi connectivity index (χ0v) is 14.2. The molecule has 0 saturated carbocycles. The summed E-state index contributed by atoms with van der Waals surface area (Å²) in [7, 11) is 0. The summed E-state index contributed by atoms with van der Waals surface area (Å²) >= 11 is 0. The maximum atomic E-state index is 12.2. The van der Waals surface area contributed by atoms with Crippen molar-refractivity contribution in [1.82, 2.24) is 4.98 Å². The third-order valence-electron chi connectivity index (χ3n) is 4.33. The molecule has 0 radical (unpaired) electrons. The number of anilines is 1. The molecule has 0 saturated heterocycles. The third-order valence-corrected chi connectivity index (χ3v) is 4.33. The molecule has 6 nitrogen and oxygen atoms in total. The van der Waals surface area contributed by atoms with Crippen molar-refractivity contribution in [2.45, 2.75) is 39.2 Å². The quantitative estimate of drug-likeness (QED) is 0.647. The molecule has 2 aromatic rings. The molecule has 1 heterocycles. The van der Waals surface area contributed by atoms with E-state index in [0.29, 0.717) is 11.3 Å². The van der Waals surface area contributed by atoms with Gasteiger partial charge in [-0.2, -0.15) is 0 Å². The van der Waals surface area contributed by atoms with Crippen LogP contribution in [0.3, 0.4) is 0 Å². The van der Waals surface area contributed by atoms with E-state index in [0.717, 1.165) is 19.3 Å². The molecule has 1 aliphatic carbocycles. The van der Waals surface area contributed by atoms with Gasteiger partial charge in [0, 0.05) is 17.4 Å². The van der Waals surface area contributed by atoms with Crippen molar-refractivity contribution in [1.29, 1.82) is 0 Å². The summed E-state index contributed by atoms with van der Waals surface area (Å²) in [5.41, 5.74) is 3.81. The van der Waals surface area contributed by atoms with Crippen molar-refractivity contribution in [3.63, 3.8) is 0 Å². The van der Waals surface area contributed by atoms with Crippen molar-refractivity contribution in [3.05, 3.63) is 52.8 Å². The van der Waals surface area contributed by atoms with Crippen LogP contribution in [0.25, 0.3) is 0 Å². The summed E-state index contributed by atoms with van der Waals surface area (Å²) < 4.78 is 5.16. The zero-order valence-electron chi connectivity index (χ0n) is 14.2. The molecule has 130 valence electrons. The van der Waals surface area contributed by atoms with Gasteiger partial charge in [-0.05, 0) is 62.4 Å². The number of ether oxygens (including phenoxy) is 1. The molecule has 0 spiro atoms. The van der Waals surface area contributed by atoms with E-state index in [1.165, 1.54) is 37.2 Å². The second kappa shape index (κ2) is 6.93. The molecular formula is C19H20N2O4. The van der Waals surface area contributed by atoms with Crippen molar-refractivity contribution in [3.8, 4) is 0 Å². The molecule has 25 heavy (non-hydrogen) atoms. The van der Waals surface area contributed by atoms with Gasteiger partial charge in [0.1, 0.15) is 5.69 Å². The van der Waals surface area contributed by atoms with E-state index >= 15 is 0 Å². The molecule has 0 bridgehead atoms. The van der Waals surface area contributed by atoms with Gasteiger partial charge in [-0.15, -0.1) is 0 Å². The minimum absolute atomic E-state index is 0.141. The molecule has 1 aromatic heterocycles. The highest BCUT2D eigenvalue weighted by Gasteiger charge is 2.21. The lowest BCUT2D eigenvalue weighted by Gasteiger charge is -2.13. The number of nitrogens with one attached hydrogen (secondary N) is 2. The molecular weight excluding hydrogens is 320 g/mol. The number of carbonyl (C=O) groups is 3. The predicted molar refractivity (Wildman–Crippen MR) is 92.8 cm³/mol. The van der Waals surface area contributed by atoms with Crippen molar-refractivity contribution >= 4 is 23.3 Å². The number of hydrogen-bond acceptors (Lipinski definition) is 4. The second-order valence-corrected chi connectivity index (χ2v) is 6.23. The first-order valence-corrected chi connectivity index (χ1v) is 8.27. The second-order valence-electron chi connectivity index (χ2n) is 6.23. The Bertz CT molecular complexity index is 838. The van der Waals surface area contributed by atoms with Crippen LogP contribution in [0.15, 0.2) is 30.5 Å².